The Kier molecular flexibility index (Phi) is 5.41. The van der Waals surface area contributed by atoms with E-state index in [1.54, 1.807) is 6.07 Å². The van der Waals surface area contributed by atoms with Gasteiger partial charge in [-0.1, -0.05) is 18.9 Å². The summed E-state index contributed by atoms with van der Waals surface area (Å²) in [7, 11) is 5.27. The van der Waals surface area contributed by atoms with Crippen molar-refractivity contribution in [3.05, 3.63) is 29.8 Å². The smallest absolute Gasteiger partial charge is 0.310 e. The van der Waals surface area contributed by atoms with Crippen LogP contribution < -0.4 is 10.2 Å². The molecule has 1 aromatic carbocycles. The summed E-state index contributed by atoms with van der Waals surface area (Å²) in [4.78, 5) is 26.3. The highest BCUT2D eigenvalue weighted by Crippen LogP contribution is 2.26. The number of anilines is 1. The molecule has 0 unspecified atom stereocenters. The highest BCUT2D eigenvalue weighted by Gasteiger charge is 2.32. The Morgan fingerprint density at radius 3 is 2.64 bits per heavy atom. The van der Waals surface area contributed by atoms with Crippen LogP contribution in [0.1, 0.15) is 36.0 Å². The van der Waals surface area contributed by atoms with Crippen molar-refractivity contribution in [1.29, 1.82) is 0 Å². The fourth-order valence-corrected chi connectivity index (χ4v) is 2.91. The molecular weight excluding hydrogens is 280 g/mol. The van der Waals surface area contributed by atoms with Gasteiger partial charge in [0.1, 0.15) is 0 Å². The van der Waals surface area contributed by atoms with E-state index in [-0.39, 0.29) is 23.8 Å². The maximum absolute atomic E-state index is 12.5. The second-order valence-electron chi connectivity index (χ2n) is 5.94. The van der Waals surface area contributed by atoms with Gasteiger partial charge in [0.15, 0.2) is 0 Å². The van der Waals surface area contributed by atoms with E-state index in [9.17, 15) is 9.59 Å². The normalized spacial score (nSPS) is 21.0. The van der Waals surface area contributed by atoms with Crippen LogP contribution in [0, 0.1) is 5.92 Å². The summed E-state index contributed by atoms with van der Waals surface area (Å²) < 4.78 is 4.86. The molecule has 2 rings (SSSR count). The number of nitrogens with zero attached hydrogens (tertiary/aromatic N) is 1. The molecule has 5 heteroatoms. The second-order valence-corrected chi connectivity index (χ2v) is 5.94. The molecule has 0 radical (unpaired) electrons. The van der Waals surface area contributed by atoms with Crippen LogP contribution in [-0.2, 0) is 9.53 Å². The van der Waals surface area contributed by atoms with Gasteiger partial charge < -0.3 is 15.0 Å². The Bertz CT molecular complexity index is 542. The molecule has 0 spiro atoms. The van der Waals surface area contributed by atoms with Crippen molar-refractivity contribution < 1.29 is 14.3 Å². The highest BCUT2D eigenvalue weighted by molar-refractivity contribution is 5.95. The van der Waals surface area contributed by atoms with E-state index in [2.05, 4.69) is 5.32 Å². The van der Waals surface area contributed by atoms with Gasteiger partial charge in [0.25, 0.3) is 5.91 Å². The van der Waals surface area contributed by atoms with Crippen LogP contribution in [0.2, 0.25) is 0 Å². The number of carbonyl (C=O) groups excluding carboxylic acids is 2. The van der Waals surface area contributed by atoms with Crippen LogP contribution in [0.5, 0.6) is 0 Å². The Labute approximate surface area is 131 Å². The van der Waals surface area contributed by atoms with E-state index in [1.165, 1.54) is 7.11 Å². The van der Waals surface area contributed by atoms with Crippen LogP contribution in [0.3, 0.4) is 0 Å². The van der Waals surface area contributed by atoms with Crippen molar-refractivity contribution in [3.63, 3.8) is 0 Å². The molecule has 1 aromatic rings. The van der Waals surface area contributed by atoms with E-state index in [4.69, 9.17) is 4.74 Å². The lowest BCUT2D eigenvalue weighted by Crippen LogP contribution is -2.45. The fraction of sp³-hybridized carbons (Fsp3) is 0.529. The average Bonchev–Trinajstić information content (AvgIpc) is 2.54. The number of esters is 1. The number of ether oxygens (including phenoxy) is 1. The number of hydrogen-bond donors (Lipinski definition) is 1. The zero-order chi connectivity index (χ0) is 16.1. The molecule has 0 aliphatic heterocycles. The first-order chi connectivity index (χ1) is 10.5. The van der Waals surface area contributed by atoms with E-state index >= 15 is 0 Å². The molecule has 120 valence electrons. The Morgan fingerprint density at radius 2 is 1.95 bits per heavy atom. The molecule has 2 atom stereocenters. The summed E-state index contributed by atoms with van der Waals surface area (Å²) in [6, 6.07) is 7.32. The van der Waals surface area contributed by atoms with Gasteiger partial charge >= 0.3 is 5.97 Å². The molecular formula is C17H24N2O3. The Balaban J connectivity index is 2.09. The molecule has 22 heavy (non-hydrogen) atoms. The Hall–Kier alpha value is -2.04. The van der Waals surface area contributed by atoms with E-state index in [0.717, 1.165) is 31.4 Å². The van der Waals surface area contributed by atoms with Crippen LogP contribution in [0.15, 0.2) is 24.3 Å². The number of nitrogens with one attached hydrogen (secondary N) is 1. The maximum Gasteiger partial charge on any atom is 0.310 e. The lowest BCUT2D eigenvalue weighted by molar-refractivity contribution is -0.147. The van der Waals surface area contributed by atoms with Crippen molar-refractivity contribution in [1.82, 2.24) is 5.32 Å². The number of rotatable bonds is 4. The first-order valence-corrected chi connectivity index (χ1v) is 7.69. The monoisotopic (exact) mass is 304 g/mol. The van der Waals surface area contributed by atoms with E-state index < -0.39 is 0 Å². The number of hydrogen-bond acceptors (Lipinski definition) is 4. The van der Waals surface area contributed by atoms with Crippen molar-refractivity contribution >= 4 is 17.6 Å². The standard InChI is InChI=1S/C17H24N2O3/c1-19(2)13-8-6-7-12(11-13)16(20)18-15-10-5-4-9-14(15)17(21)22-3/h6-8,11,14-15H,4-5,9-10H2,1-3H3,(H,18,20)/t14-,15-/m0/s1. The third kappa shape index (κ3) is 3.78. The summed E-state index contributed by atoms with van der Waals surface area (Å²) in [6.45, 7) is 0. The van der Waals surface area contributed by atoms with Gasteiger partial charge in [-0.05, 0) is 31.0 Å². The minimum Gasteiger partial charge on any atom is -0.469 e. The zero-order valence-corrected chi connectivity index (χ0v) is 13.5. The van der Waals surface area contributed by atoms with Crippen LogP contribution in [-0.4, -0.2) is 39.1 Å². The van der Waals surface area contributed by atoms with Crippen molar-refractivity contribution in [2.45, 2.75) is 31.7 Å². The summed E-state index contributed by atoms with van der Waals surface area (Å²) in [5.74, 6) is -0.601. The lowest BCUT2D eigenvalue weighted by Gasteiger charge is -2.30. The third-order valence-electron chi connectivity index (χ3n) is 4.21. The first-order valence-electron chi connectivity index (χ1n) is 7.69. The quantitative estimate of drug-likeness (QED) is 0.867. The van der Waals surface area contributed by atoms with Crippen molar-refractivity contribution in [3.8, 4) is 0 Å². The van der Waals surface area contributed by atoms with Gasteiger partial charge in [-0.25, -0.2) is 0 Å². The Morgan fingerprint density at radius 1 is 1.23 bits per heavy atom. The topological polar surface area (TPSA) is 58.6 Å². The van der Waals surface area contributed by atoms with E-state index in [1.807, 2.05) is 37.2 Å². The molecule has 1 fully saturated rings. The summed E-state index contributed by atoms with van der Waals surface area (Å²) in [5.41, 5.74) is 1.58. The molecule has 0 heterocycles. The summed E-state index contributed by atoms with van der Waals surface area (Å²) in [6.07, 6.45) is 3.62. The molecule has 0 bridgehead atoms. The van der Waals surface area contributed by atoms with E-state index in [0.29, 0.717) is 5.56 Å². The largest absolute Gasteiger partial charge is 0.469 e. The molecule has 1 N–H and O–H groups in total. The predicted molar refractivity (Wildman–Crippen MR) is 86.0 cm³/mol. The van der Waals surface area contributed by atoms with Gasteiger partial charge in [0.2, 0.25) is 0 Å². The molecule has 0 aromatic heterocycles. The molecule has 0 saturated heterocycles. The van der Waals surface area contributed by atoms with Gasteiger partial charge in [0.05, 0.1) is 13.0 Å². The van der Waals surface area contributed by atoms with Crippen molar-refractivity contribution in [2.24, 2.45) is 5.92 Å². The van der Waals surface area contributed by atoms with Gasteiger partial charge in [-0.2, -0.15) is 0 Å². The van der Waals surface area contributed by atoms with Gasteiger partial charge in [-0.15, -0.1) is 0 Å². The molecule has 1 aliphatic rings. The molecule has 1 amide bonds. The SMILES string of the molecule is COC(=O)[C@H]1CCCC[C@@H]1NC(=O)c1cccc(N(C)C)c1. The van der Waals surface area contributed by atoms with Crippen LogP contribution in [0.4, 0.5) is 5.69 Å². The summed E-state index contributed by atoms with van der Waals surface area (Å²) in [5, 5.41) is 3.01. The van der Waals surface area contributed by atoms with Crippen molar-refractivity contribution in [2.75, 3.05) is 26.1 Å². The third-order valence-corrected chi connectivity index (χ3v) is 4.21. The molecule has 1 aliphatic carbocycles. The number of amides is 1. The lowest BCUT2D eigenvalue weighted by atomic mass is 9.84. The maximum atomic E-state index is 12.5. The number of carbonyl (C=O) groups is 2. The zero-order valence-electron chi connectivity index (χ0n) is 13.5. The van der Waals surface area contributed by atoms with Gasteiger partial charge in [-0.3, -0.25) is 9.59 Å². The number of methoxy groups -OCH3 is 1. The van der Waals surface area contributed by atoms with Gasteiger partial charge in [0, 0.05) is 31.4 Å². The second kappa shape index (κ2) is 7.29. The minimum atomic E-state index is -0.236. The first kappa shape index (κ1) is 16.3. The highest BCUT2D eigenvalue weighted by atomic mass is 16.5. The minimum absolute atomic E-state index is 0.135. The fourth-order valence-electron chi connectivity index (χ4n) is 2.91. The summed E-state index contributed by atoms with van der Waals surface area (Å²) >= 11 is 0. The molecule has 1 saturated carbocycles. The van der Waals surface area contributed by atoms with Crippen LogP contribution >= 0.6 is 0 Å². The predicted octanol–water partition coefficient (Wildman–Crippen LogP) is 2.21. The number of benzene rings is 1. The molecule has 5 nitrogen and oxygen atoms in total. The van der Waals surface area contributed by atoms with Crippen LogP contribution in [0.25, 0.3) is 0 Å². The average molecular weight is 304 g/mol.